The van der Waals surface area contributed by atoms with Crippen LogP contribution in [0.4, 0.5) is 14.5 Å². The molecule has 130 valence electrons. The van der Waals surface area contributed by atoms with E-state index in [0.717, 1.165) is 16.8 Å². The third-order valence-electron chi connectivity index (χ3n) is 3.72. The van der Waals surface area contributed by atoms with Gasteiger partial charge in [-0.15, -0.1) is 10.7 Å². The number of hydrogen-bond acceptors (Lipinski definition) is 5. The summed E-state index contributed by atoms with van der Waals surface area (Å²) in [5, 5.41) is 7.42. The summed E-state index contributed by atoms with van der Waals surface area (Å²) in [5.74, 6) is 4.11. The van der Waals surface area contributed by atoms with Crippen LogP contribution < -0.4 is 4.31 Å². The van der Waals surface area contributed by atoms with Crippen LogP contribution in [0.3, 0.4) is 0 Å². The maximum Gasteiger partial charge on any atom is 0.278 e. The predicted molar refractivity (Wildman–Crippen MR) is 99.9 cm³/mol. The minimum atomic E-state index is -2.55. The summed E-state index contributed by atoms with van der Waals surface area (Å²) in [6, 6.07) is 7.69. The van der Waals surface area contributed by atoms with Gasteiger partial charge < -0.3 is 4.31 Å². The van der Waals surface area contributed by atoms with Gasteiger partial charge >= 0.3 is 0 Å². The molecule has 0 aliphatic carbocycles. The number of benzene rings is 1. The molecule has 1 aliphatic rings. The van der Waals surface area contributed by atoms with Gasteiger partial charge in [0.25, 0.3) is 6.43 Å². The van der Waals surface area contributed by atoms with Crippen LogP contribution in [0, 0.1) is 0 Å². The zero-order valence-electron chi connectivity index (χ0n) is 13.6. The van der Waals surface area contributed by atoms with E-state index in [0.29, 0.717) is 12.3 Å². The van der Waals surface area contributed by atoms with Gasteiger partial charge in [-0.25, -0.2) is 18.7 Å². The Morgan fingerprint density at radius 1 is 1.16 bits per heavy atom. The van der Waals surface area contributed by atoms with Gasteiger partial charge in [0, 0.05) is 6.42 Å². The summed E-state index contributed by atoms with van der Waals surface area (Å²) in [7, 11) is -0.244. The summed E-state index contributed by atoms with van der Waals surface area (Å²) in [6.07, 6.45) is 4.58. The number of nitrogens with zero attached hydrogens (tertiary/aromatic N) is 5. The monoisotopic (exact) mass is 361 g/mol. The van der Waals surface area contributed by atoms with Crippen molar-refractivity contribution in [2.24, 2.45) is 10.2 Å². The van der Waals surface area contributed by atoms with Gasteiger partial charge in [-0.3, -0.25) is 0 Å². The molecule has 0 spiro atoms. The number of hydrogen-bond donors (Lipinski definition) is 0. The molecule has 0 saturated carbocycles. The van der Waals surface area contributed by atoms with Crippen molar-refractivity contribution in [2.75, 3.05) is 10.6 Å². The van der Waals surface area contributed by atoms with Gasteiger partial charge in [0.1, 0.15) is 12.0 Å². The molecular formula is C17H17F2N5S. The third-order valence-corrected chi connectivity index (χ3v) is 4.82. The molecule has 1 aromatic carbocycles. The highest BCUT2D eigenvalue weighted by Gasteiger charge is 2.21. The first-order chi connectivity index (χ1) is 12.0. The summed E-state index contributed by atoms with van der Waals surface area (Å²) in [4.78, 5) is 8.10. The second kappa shape index (κ2) is 7.60. The van der Waals surface area contributed by atoms with Crippen molar-refractivity contribution < 1.29 is 8.78 Å². The highest BCUT2D eigenvalue weighted by molar-refractivity contribution is 8.14. The molecule has 3 rings (SSSR count). The lowest BCUT2D eigenvalue weighted by Gasteiger charge is -2.24. The van der Waals surface area contributed by atoms with Crippen molar-refractivity contribution in [3.8, 4) is 0 Å². The quantitative estimate of drug-likeness (QED) is 0.740. The Kier molecular flexibility index (Phi) is 5.28. The van der Waals surface area contributed by atoms with Gasteiger partial charge in [-0.2, -0.15) is 10.2 Å². The van der Waals surface area contributed by atoms with Gasteiger partial charge in [0.2, 0.25) is 0 Å². The summed E-state index contributed by atoms with van der Waals surface area (Å²) < 4.78 is 27.4. The molecule has 0 fully saturated rings. The van der Waals surface area contributed by atoms with Crippen molar-refractivity contribution in [3.63, 3.8) is 0 Å². The van der Waals surface area contributed by atoms with Gasteiger partial charge in [-0.05, 0) is 17.4 Å². The van der Waals surface area contributed by atoms with Gasteiger partial charge in [-0.1, -0.05) is 30.1 Å². The SMILES string of the molecule is C=S(C)N(Cc1ccc(C2=NN=C(C(F)F)C2)cc1)c1cncnc1. The van der Waals surface area contributed by atoms with E-state index < -0.39 is 6.43 Å². The van der Waals surface area contributed by atoms with Gasteiger partial charge in [0.05, 0.1) is 30.3 Å². The number of alkyl halides is 2. The summed E-state index contributed by atoms with van der Waals surface area (Å²) in [6.45, 7) is 0.655. The van der Waals surface area contributed by atoms with Crippen LogP contribution in [-0.2, 0) is 6.54 Å². The lowest BCUT2D eigenvalue weighted by Crippen LogP contribution is -2.16. The van der Waals surface area contributed by atoms with Crippen LogP contribution in [-0.4, -0.2) is 39.9 Å². The van der Waals surface area contributed by atoms with Crippen LogP contribution in [0.15, 0.2) is 53.2 Å². The first-order valence-corrected chi connectivity index (χ1v) is 9.29. The number of aromatic nitrogens is 2. The minimum Gasteiger partial charge on any atom is -0.315 e. The largest absolute Gasteiger partial charge is 0.315 e. The molecule has 0 saturated heterocycles. The van der Waals surface area contributed by atoms with E-state index in [1.807, 2.05) is 30.5 Å². The standard InChI is InChI=1S/C17H17F2N5S/c1-25(2)24(14-8-20-11-21-9-14)10-12-3-5-13(6-4-12)15-7-16(17(18)19)23-22-15/h3-6,8-9,11,17H,1,7,10H2,2H3. The number of halogens is 2. The number of anilines is 1. The molecule has 1 atom stereocenters. The summed E-state index contributed by atoms with van der Waals surface area (Å²) in [5.41, 5.74) is 3.18. The molecule has 0 radical (unpaired) electrons. The Hall–Kier alpha value is -2.48. The van der Waals surface area contributed by atoms with E-state index in [4.69, 9.17) is 0 Å². The average molecular weight is 361 g/mol. The Morgan fingerprint density at radius 2 is 1.84 bits per heavy atom. The van der Waals surface area contributed by atoms with E-state index >= 15 is 0 Å². The molecule has 1 aromatic heterocycles. The Labute approximate surface area is 147 Å². The number of rotatable bonds is 6. The molecule has 1 aliphatic heterocycles. The molecule has 2 heterocycles. The first kappa shape index (κ1) is 17.3. The fourth-order valence-electron chi connectivity index (χ4n) is 2.42. The molecule has 8 heteroatoms. The normalized spacial score (nSPS) is 15.0. The maximum atomic E-state index is 12.6. The summed E-state index contributed by atoms with van der Waals surface area (Å²) >= 11 is 0. The molecule has 0 bridgehead atoms. The smallest absolute Gasteiger partial charge is 0.278 e. The van der Waals surface area contributed by atoms with Crippen LogP contribution >= 0.6 is 10.7 Å². The molecule has 0 amide bonds. The molecular weight excluding hydrogens is 344 g/mol. The zero-order chi connectivity index (χ0) is 17.8. The van der Waals surface area contributed by atoms with E-state index in [1.165, 1.54) is 6.33 Å². The molecule has 1 unspecified atom stereocenters. The van der Waals surface area contributed by atoms with E-state index in [-0.39, 0.29) is 22.8 Å². The highest BCUT2D eigenvalue weighted by atomic mass is 32.2. The predicted octanol–water partition coefficient (Wildman–Crippen LogP) is 3.54. The first-order valence-electron chi connectivity index (χ1n) is 7.53. The fraction of sp³-hybridized carbons (Fsp3) is 0.235. The Bertz CT molecular complexity index is 819. The van der Waals surface area contributed by atoms with E-state index in [9.17, 15) is 8.78 Å². The van der Waals surface area contributed by atoms with Crippen LogP contribution in [0.2, 0.25) is 0 Å². The molecule has 5 nitrogen and oxygen atoms in total. The highest BCUT2D eigenvalue weighted by Crippen LogP contribution is 2.25. The molecule has 2 aromatic rings. The van der Waals surface area contributed by atoms with Crippen molar-refractivity contribution >= 4 is 33.7 Å². The molecule has 0 N–H and O–H groups in total. The van der Waals surface area contributed by atoms with Crippen LogP contribution in [0.5, 0.6) is 0 Å². The average Bonchev–Trinajstić information content (AvgIpc) is 3.11. The van der Waals surface area contributed by atoms with E-state index in [1.54, 1.807) is 12.4 Å². The lowest BCUT2D eigenvalue weighted by molar-refractivity contribution is 0.224. The van der Waals surface area contributed by atoms with Gasteiger partial charge in [0.15, 0.2) is 0 Å². The fourth-order valence-corrected chi connectivity index (χ4v) is 3.24. The van der Waals surface area contributed by atoms with E-state index in [2.05, 4.69) is 30.3 Å². The maximum absolute atomic E-state index is 12.6. The van der Waals surface area contributed by atoms with Crippen molar-refractivity contribution in [1.29, 1.82) is 0 Å². The molecule has 25 heavy (non-hydrogen) atoms. The lowest BCUT2D eigenvalue weighted by atomic mass is 10.0. The second-order valence-corrected chi connectivity index (χ2v) is 7.19. The Morgan fingerprint density at radius 3 is 2.40 bits per heavy atom. The second-order valence-electron chi connectivity index (χ2n) is 5.55. The third kappa shape index (κ3) is 4.14. The van der Waals surface area contributed by atoms with Crippen LogP contribution in [0.25, 0.3) is 0 Å². The zero-order valence-corrected chi connectivity index (χ0v) is 14.5. The van der Waals surface area contributed by atoms with Crippen molar-refractivity contribution in [2.45, 2.75) is 19.4 Å². The van der Waals surface area contributed by atoms with Crippen molar-refractivity contribution in [3.05, 3.63) is 54.1 Å². The van der Waals surface area contributed by atoms with Crippen LogP contribution in [0.1, 0.15) is 17.5 Å². The minimum absolute atomic E-state index is 0.0990. The topological polar surface area (TPSA) is 53.7 Å². The van der Waals surface area contributed by atoms with Crippen molar-refractivity contribution in [1.82, 2.24) is 9.97 Å². The Balaban J connectivity index is 1.71.